The summed E-state index contributed by atoms with van der Waals surface area (Å²) < 4.78 is 36.0. The summed E-state index contributed by atoms with van der Waals surface area (Å²) in [6.45, 7) is 0. The highest BCUT2D eigenvalue weighted by Crippen LogP contribution is 2.23. The van der Waals surface area contributed by atoms with Crippen LogP contribution in [0, 0.1) is 5.82 Å². The van der Waals surface area contributed by atoms with Gasteiger partial charge < -0.3 is 11.1 Å². The van der Waals surface area contributed by atoms with Crippen molar-refractivity contribution in [2.75, 3.05) is 23.0 Å². The van der Waals surface area contributed by atoms with Crippen LogP contribution < -0.4 is 11.1 Å². The van der Waals surface area contributed by atoms with Crippen LogP contribution in [0.2, 0.25) is 0 Å². The number of halogens is 1. The van der Waals surface area contributed by atoms with Gasteiger partial charge in [0.05, 0.1) is 17.3 Å². The van der Waals surface area contributed by atoms with Gasteiger partial charge in [0, 0.05) is 16.6 Å². The summed E-state index contributed by atoms with van der Waals surface area (Å²) in [6, 6.07) is 3.95. The molecule has 3 N–H and O–H groups in total. The molecule has 0 saturated carbocycles. The van der Waals surface area contributed by atoms with Gasteiger partial charge in [-0.25, -0.2) is 12.8 Å². The van der Waals surface area contributed by atoms with Gasteiger partial charge in [-0.15, -0.1) is 11.8 Å². The number of rotatable bonds is 4. The van der Waals surface area contributed by atoms with Crippen molar-refractivity contribution in [3.8, 4) is 0 Å². The minimum absolute atomic E-state index is 0.0142. The van der Waals surface area contributed by atoms with E-state index in [-0.39, 0.29) is 29.2 Å². The molecular weight excluding hydrogens is 303 g/mol. The first-order valence-electron chi connectivity index (χ1n) is 6.03. The van der Waals surface area contributed by atoms with Crippen LogP contribution in [0.3, 0.4) is 0 Å². The van der Waals surface area contributed by atoms with E-state index in [9.17, 15) is 17.6 Å². The minimum atomic E-state index is -3.02. The van der Waals surface area contributed by atoms with Crippen LogP contribution in [0.4, 0.5) is 10.1 Å². The molecule has 1 aliphatic heterocycles. The molecule has 0 bridgehead atoms. The number of amides is 1. The molecule has 1 aromatic carbocycles. The van der Waals surface area contributed by atoms with E-state index in [0.29, 0.717) is 17.0 Å². The number of benzene rings is 1. The maximum atomic E-state index is 13.5. The van der Waals surface area contributed by atoms with Crippen molar-refractivity contribution < 1.29 is 17.6 Å². The molecule has 110 valence electrons. The van der Waals surface area contributed by atoms with Crippen molar-refractivity contribution in [2.45, 2.75) is 17.4 Å². The van der Waals surface area contributed by atoms with E-state index >= 15 is 0 Å². The molecule has 1 aromatic rings. The van der Waals surface area contributed by atoms with E-state index in [4.69, 9.17) is 5.73 Å². The van der Waals surface area contributed by atoms with E-state index in [1.165, 1.54) is 12.1 Å². The lowest BCUT2D eigenvalue weighted by molar-refractivity contribution is -0.119. The number of carbonyl (C=O) groups is 1. The molecule has 1 saturated heterocycles. The number of nitrogens with two attached hydrogens (primary N) is 1. The van der Waals surface area contributed by atoms with Crippen LogP contribution in [0.5, 0.6) is 0 Å². The lowest BCUT2D eigenvalue weighted by Crippen LogP contribution is -2.36. The van der Waals surface area contributed by atoms with Crippen LogP contribution in [-0.4, -0.2) is 37.6 Å². The average Bonchev–Trinajstić information content (AvgIpc) is 2.67. The quantitative estimate of drug-likeness (QED) is 0.633. The summed E-state index contributed by atoms with van der Waals surface area (Å²) in [5.41, 5.74) is 5.76. The van der Waals surface area contributed by atoms with Gasteiger partial charge in [-0.05, 0) is 24.6 Å². The normalized spacial score (nSPS) is 20.8. The summed E-state index contributed by atoms with van der Waals surface area (Å²) in [5, 5.41) is 2.65. The summed E-state index contributed by atoms with van der Waals surface area (Å²) in [6.07, 6.45) is 0.439. The molecule has 1 amide bonds. The predicted molar refractivity (Wildman–Crippen MR) is 76.7 cm³/mol. The van der Waals surface area contributed by atoms with Crippen LogP contribution in [-0.2, 0) is 14.6 Å². The third-order valence-electron chi connectivity index (χ3n) is 2.91. The van der Waals surface area contributed by atoms with Gasteiger partial charge in [-0.2, -0.15) is 0 Å². The van der Waals surface area contributed by atoms with Gasteiger partial charge >= 0.3 is 0 Å². The number of nitrogens with one attached hydrogen (secondary N) is 1. The van der Waals surface area contributed by atoms with Gasteiger partial charge in [-0.1, -0.05) is 0 Å². The number of nitrogen functional groups attached to an aromatic ring is 1. The lowest BCUT2D eigenvalue weighted by atomic mass is 10.3. The topological polar surface area (TPSA) is 89.3 Å². The van der Waals surface area contributed by atoms with Gasteiger partial charge in [0.1, 0.15) is 5.82 Å². The Morgan fingerprint density at radius 3 is 2.85 bits per heavy atom. The summed E-state index contributed by atoms with van der Waals surface area (Å²) in [5.74, 6) is -0.631. The highest BCUT2D eigenvalue weighted by molar-refractivity contribution is 8.00. The van der Waals surface area contributed by atoms with Crippen LogP contribution in [0.15, 0.2) is 23.1 Å². The molecule has 5 nitrogen and oxygen atoms in total. The van der Waals surface area contributed by atoms with Crippen molar-refractivity contribution in [3.63, 3.8) is 0 Å². The molecule has 0 radical (unpaired) electrons. The van der Waals surface area contributed by atoms with Crippen LogP contribution in [0.25, 0.3) is 0 Å². The van der Waals surface area contributed by atoms with Crippen molar-refractivity contribution in [1.29, 1.82) is 0 Å². The number of hydrogen-bond donors (Lipinski definition) is 2. The van der Waals surface area contributed by atoms with Crippen molar-refractivity contribution in [2.24, 2.45) is 0 Å². The highest BCUT2D eigenvalue weighted by atomic mass is 32.2. The minimum Gasteiger partial charge on any atom is -0.399 e. The maximum Gasteiger partial charge on any atom is 0.230 e. The molecule has 8 heteroatoms. The molecule has 20 heavy (non-hydrogen) atoms. The number of anilines is 1. The number of hydrogen-bond acceptors (Lipinski definition) is 5. The fourth-order valence-electron chi connectivity index (χ4n) is 1.96. The third kappa shape index (κ3) is 4.11. The monoisotopic (exact) mass is 318 g/mol. The fraction of sp³-hybridized carbons (Fsp3) is 0.417. The predicted octanol–water partition coefficient (Wildman–Crippen LogP) is 0.803. The third-order valence-corrected chi connectivity index (χ3v) is 5.73. The molecule has 1 unspecified atom stereocenters. The SMILES string of the molecule is Nc1ccc(SCC(=O)NC2CCS(=O)(=O)C2)c(F)c1. The van der Waals surface area contributed by atoms with Crippen molar-refractivity contribution in [3.05, 3.63) is 24.0 Å². The zero-order valence-electron chi connectivity index (χ0n) is 10.6. The molecule has 0 spiro atoms. The molecule has 2 rings (SSSR count). The van der Waals surface area contributed by atoms with E-state index in [1.54, 1.807) is 6.07 Å². The van der Waals surface area contributed by atoms with Crippen LogP contribution >= 0.6 is 11.8 Å². The Balaban J connectivity index is 1.84. The van der Waals surface area contributed by atoms with E-state index in [2.05, 4.69) is 5.32 Å². The van der Waals surface area contributed by atoms with Gasteiger partial charge in [0.25, 0.3) is 0 Å². The standard InChI is InChI=1S/C12H15FN2O3S2/c13-10-5-8(14)1-2-11(10)19-6-12(16)15-9-3-4-20(17,18)7-9/h1-2,5,9H,3-4,6-7,14H2,(H,15,16). The Labute approximate surface area is 121 Å². The van der Waals surface area contributed by atoms with E-state index in [1.807, 2.05) is 0 Å². The molecule has 0 aromatic heterocycles. The van der Waals surface area contributed by atoms with Gasteiger partial charge in [0.2, 0.25) is 5.91 Å². The maximum absolute atomic E-state index is 13.5. The highest BCUT2D eigenvalue weighted by Gasteiger charge is 2.28. The zero-order chi connectivity index (χ0) is 14.8. The number of sulfone groups is 1. The van der Waals surface area contributed by atoms with Crippen molar-refractivity contribution >= 4 is 33.2 Å². The Morgan fingerprint density at radius 1 is 1.50 bits per heavy atom. The first kappa shape index (κ1) is 15.1. The second-order valence-corrected chi connectivity index (χ2v) is 7.89. The second kappa shape index (κ2) is 6.01. The Kier molecular flexibility index (Phi) is 4.54. The molecule has 1 atom stereocenters. The molecular formula is C12H15FN2O3S2. The molecule has 1 fully saturated rings. The first-order valence-corrected chi connectivity index (χ1v) is 8.84. The summed E-state index contributed by atoms with van der Waals surface area (Å²) >= 11 is 1.06. The number of carbonyl (C=O) groups excluding carboxylic acids is 1. The smallest absolute Gasteiger partial charge is 0.230 e. The largest absolute Gasteiger partial charge is 0.399 e. The summed E-state index contributed by atoms with van der Waals surface area (Å²) in [4.78, 5) is 12.0. The molecule has 0 aliphatic carbocycles. The second-order valence-electron chi connectivity index (χ2n) is 4.65. The zero-order valence-corrected chi connectivity index (χ0v) is 12.3. The Bertz CT molecular complexity index is 619. The van der Waals surface area contributed by atoms with Gasteiger partial charge in [-0.3, -0.25) is 4.79 Å². The van der Waals surface area contributed by atoms with Crippen molar-refractivity contribution in [1.82, 2.24) is 5.32 Å². The first-order chi connectivity index (χ1) is 9.35. The van der Waals surface area contributed by atoms with Crippen LogP contribution in [0.1, 0.15) is 6.42 Å². The van der Waals surface area contributed by atoms with Gasteiger partial charge in [0.15, 0.2) is 9.84 Å². The lowest BCUT2D eigenvalue weighted by Gasteiger charge is -2.10. The molecule has 1 aliphatic rings. The fourth-order valence-corrected chi connectivity index (χ4v) is 4.36. The van der Waals surface area contributed by atoms with E-state index < -0.39 is 15.7 Å². The molecule has 1 heterocycles. The summed E-state index contributed by atoms with van der Waals surface area (Å²) in [7, 11) is -3.02. The Hall–Kier alpha value is -1.28. The average molecular weight is 318 g/mol. The Morgan fingerprint density at radius 2 is 2.25 bits per heavy atom. The van der Waals surface area contributed by atoms with E-state index in [0.717, 1.165) is 11.8 Å². The number of thioether (sulfide) groups is 1.